The Labute approximate surface area is 199 Å². The molecule has 1 N–H and O–H groups in total. The molecule has 184 valence electrons. The number of esters is 1. The molecule has 0 saturated carbocycles. The van der Waals surface area contributed by atoms with E-state index in [0.717, 1.165) is 38.8 Å². The number of rotatable bonds is 9. The summed E-state index contributed by atoms with van der Waals surface area (Å²) in [7, 11) is 0. The van der Waals surface area contributed by atoms with Crippen LogP contribution in [0.15, 0.2) is 30.3 Å². The zero-order valence-electron chi connectivity index (χ0n) is 21.3. The molecule has 2 amide bonds. The SMILES string of the molecule is CC(C)(C)OC(=O)CC(CCCc1ccccc1)C(=O)N[C@H](C(=O)N1CCCC1)C(C)(C)C. The first-order valence-electron chi connectivity index (χ1n) is 12.2. The first-order chi connectivity index (χ1) is 15.4. The van der Waals surface area contributed by atoms with Crippen LogP contribution in [0.3, 0.4) is 0 Å². The maximum atomic E-state index is 13.4. The number of hydrogen-bond acceptors (Lipinski definition) is 4. The van der Waals surface area contributed by atoms with Gasteiger partial charge in [-0.25, -0.2) is 0 Å². The Morgan fingerprint density at radius 3 is 2.15 bits per heavy atom. The summed E-state index contributed by atoms with van der Waals surface area (Å²) in [6.45, 7) is 12.8. The van der Waals surface area contributed by atoms with E-state index in [0.29, 0.717) is 6.42 Å². The zero-order valence-corrected chi connectivity index (χ0v) is 21.3. The van der Waals surface area contributed by atoms with Gasteiger partial charge in [0.15, 0.2) is 0 Å². The fourth-order valence-electron chi connectivity index (χ4n) is 4.14. The topological polar surface area (TPSA) is 75.7 Å². The molecule has 0 spiro atoms. The number of ether oxygens (including phenoxy) is 1. The number of hydrogen-bond donors (Lipinski definition) is 1. The normalized spacial score (nSPS) is 16.2. The minimum Gasteiger partial charge on any atom is -0.460 e. The average Bonchev–Trinajstić information content (AvgIpc) is 3.24. The van der Waals surface area contributed by atoms with Gasteiger partial charge >= 0.3 is 5.97 Å². The lowest BCUT2D eigenvalue weighted by Crippen LogP contribution is -2.55. The number of nitrogens with zero attached hydrogens (tertiary/aromatic N) is 1. The summed E-state index contributed by atoms with van der Waals surface area (Å²) in [5.41, 5.74) is 0.156. The maximum Gasteiger partial charge on any atom is 0.307 e. The molecule has 1 fully saturated rings. The van der Waals surface area contributed by atoms with Crippen LogP contribution in [0.1, 0.15) is 79.2 Å². The van der Waals surface area contributed by atoms with E-state index in [4.69, 9.17) is 4.74 Å². The smallest absolute Gasteiger partial charge is 0.307 e. The van der Waals surface area contributed by atoms with Gasteiger partial charge in [-0.3, -0.25) is 14.4 Å². The predicted molar refractivity (Wildman–Crippen MR) is 131 cm³/mol. The minimum atomic E-state index is -0.627. The number of carbonyl (C=O) groups is 3. The van der Waals surface area contributed by atoms with Crippen LogP contribution in [0.5, 0.6) is 0 Å². The molecule has 1 heterocycles. The predicted octanol–water partition coefficient (Wildman–Crippen LogP) is 4.51. The Bertz CT molecular complexity index is 787. The number of amides is 2. The molecule has 0 aliphatic carbocycles. The van der Waals surface area contributed by atoms with Crippen molar-refractivity contribution in [2.75, 3.05) is 13.1 Å². The minimum absolute atomic E-state index is 0.00661. The Kier molecular flexibility index (Phi) is 9.50. The quantitative estimate of drug-likeness (QED) is 0.553. The summed E-state index contributed by atoms with van der Waals surface area (Å²) in [5.74, 6) is -1.21. The van der Waals surface area contributed by atoms with Gasteiger partial charge in [0.1, 0.15) is 11.6 Å². The molecule has 2 rings (SSSR count). The molecule has 1 saturated heterocycles. The summed E-state index contributed by atoms with van der Waals surface area (Å²) < 4.78 is 5.49. The molecule has 33 heavy (non-hydrogen) atoms. The van der Waals surface area contributed by atoms with Crippen LogP contribution < -0.4 is 5.32 Å². The van der Waals surface area contributed by atoms with Crippen LogP contribution in [-0.2, 0) is 25.5 Å². The molecule has 0 bridgehead atoms. The van der Waals surface area contributed by atoms with Crippen LogP contribution in [0.25, 0.3) is 0 Å². The fraction of sp³-hybridized carbons (Fsp3) is 0.667. The van der Waals surface area contributed by atoms with Crippen LogP contribution >= 0.6 is 0 Å². The van der Waals surface area contributed by atoms with E-state index < -0.39 is 23.0 Å². The van der Waals surface area contributed by atoms with Crippen LogP contribution in [0.2, 0.25) is 0 Å². The number of likely N-dealkylation sites (tertiary alicyclic amines) is 1. The van der Waals surface area contributed by atoms with Crippen molar-refractivity contribution < 1.29 is 19.1 Å². The van der Waals surface area contributed by atoms with Crippen molar-refractivity contribution in [2.45, 2.75) is 91.7 Å². The van der Waals surface area contributed by atoms with Crippen molar-refractivity contribution in [1.29, 1.82) is 0 Å². The van der Waals surface area contributed by atoms with Crippen molar-refractivity contribution >= 4 is 17.8 Å². The molecule has 6 nitrogen and oxygen atoms in total. The van der Waals surface area contributed by atoms with Crippen molar-refractivity contribution in [3.05, 3.63) is 35.9 Å². The van der Waals surface area contributed by atoms with Gasteiger partial charge in [-0.15, -0.1) is 0 Å². The van der Waals surface area contributed by atoms with Crippen molar-refractivity contribution in [1.82, 2.24) is 10.2 Å². The third kappa shape index (κ3) is 9.18. The number of carbonyl (C=O) groups excluding carboxylic acids is 3. The summed E-state index contributed by atoms with van der Waals surface area (Å²) in [6.07, 6.45) is 4.15. The van der Waals surface area contributed by atoms with Crippen LogP contribution in [0.4, 0.5) is 0 Å². The van der Waals surface area contributed by atoms with Crippen molar-refractivity contribution in [3.8, 4) is 0 Å². The molecule has 1 aromatic carbocycles. The van der Waals surface area contributed by atoms with Gasteiger partial charge < -0.3 is 15.0 Å². The van der Waals surface area contributed by atoms with E-state index in [1.807, 2.05) is 64.6 Å². The molecular formula is C27H42N2O4. The van der Waals surface area contributed by atoms with E-state index in [1.54, 1.807) is 0 Å². The molecular weight excluding hydrogens is 416 g/mol. The second-order valence-corrected chi connectivity index (χ2v) is 11.2. The van der Waals surface area contributed by atoms with Crippen molar-refractivity contribution in [2.24, 2.45) is 11.3 Å². The number of aryl methyl sites for hydroxylation is 1. The van der Waals surface area contributed by atoms with Crippen LogP contribution in [-0.4, -0.2) is 47.4 Å². The van der Waals surface area contributed by atoms with E-state index in [-0.39, 0.29) is 24.2 Å². The monoisotopic (exact) mass is 458 g/mol. The Hall–Kier alpha value is -2.37. The lowest BCUT2D eigenvalue weighted by molar-refractivity contribution is -0.157. The molecule has 6 heteroatoms. The Morgan fingerprint density at radius 1 is 1.00 bits per heavy atom. The maximum absolute atomic E-state index is 13.4. The van der Waals surface area contributed by atoms with Gasteiger partial charge in [-0.2, -0.15) is 0 Å². The van der Waals surface area contributed by atoms with E-state index in [1.165, 1.54) is 5.56 Å². The number of nitrogens with one attached hydrogen (secondary N) is 1. The summed E-state index contributed by atoms with van der Waals surface area (Å²) >= 11 is 0. The highest BCUT2D eigenvalue weighted by Crippen LogP contribution is 2.25. The first-order valence-corrected chi connectivity index (χ1v) is 12.2. The van der Waals surface area contributed by atoms with E-state index >= 15 is 0 Å². The van der Waals surface area contributed by atoms with Crippen LogP contribution in [0, 0.1) is 11.3 Å². The van der Waals surface area contributed by atoms with Gasteiger partial charge in [0.05, 0.1) is 6.42 Å². The van der Waals surface area contributed by atoms with Crippen molar-refractivity contribution in [3.63, 3.8) is 0 Å². The average molecular weight is 459 g/mol. The first kappa shape index (κ1) is 26.9. The molecule has 0 radical (unpaired) electrons. The number of benzene rings is 1. The second kappa shape index (κ2) is 11.7. The Morgan fingerprint density at radius 2 is 1.61 bits per heavy atom. The summed E-state index contributed by atoms with van der Waals surface area (Å²) in [6, 6.07) is 9.47. The van der Waals surface area contributed by atoms with Gasteiger partial charge in [-0.1, -0.05) is 51.1 Å². The van der Waals surface area contributed by atoms with Gasteiger partial charge in [0.25, 0.3) is 0 Å². The Balaban J connectivity index is 2.11. The zero-order chi connectivity index (χ0) is 24.6. The fourth-order valence-corrected chi connectivity index (χ4v) is 4.14. The molecule has 1 aliphatic rings. The van der Waals surface area contributed by atoms with Gasteiger partial charge in [-0.05, 0) is 63.9 Å². The second-order valence-electron chi connectivity index (χ2n) is 11.2. The third-order valence-electron chi connectivity index (χ3n) is 5.88. The summed E-state index contributed by atoms with van der Waals surface area (Å²) in [5, 5.41) is 3.01. The lowest BCUT2D eigenvalue weighted by atomic mass is 9.85. The highest BCUT2D eigenvalue weighted by atomic mass is 16.6. The largest absolute Gasteiger partial charge is 0.460 e. The van der Waals surface area contributed by atoms with Gasteiger partial charge in [0.2, 0.25) is 11.8 Å². The standard InChI is InChI=1S/C27H42N2O4/c1-26(2,3)23(25(32)29-17-10-11-18-29)28-24(31)21(19-22(30)33-27(4,5)6)16-12-15-20-13-8-7-9-14-20/h7-9,13-14,21,23H,10-12,15-19H2,1-6H3,(H,28,31)/t21?,23-/m1/s1. The lowest BCUT2D eigenvalue weighted by Gasteiger charge is -2.34. The summed E-state index contributed by atoms with van der Waals surface area (Å²) in [4.78, 5) is 40.9. The van der Waals surface area contributed by atoms with E-state index in [9.17, 15) is 14.4 Å². The van der Waals surface area contributed by atoms with E-state index in [2.05, 4.69) is 17.4 Å². The highest BCUT2D eigenvalue weighted by Gasteiger charge is 2.38. The molecule has 1 aliphatic heterocycles. The molecule has 1 unspecified atom stereocenters. The molecule has 1 aromatic rings. The van der Waals surface area contributed by atoms with Gasteiger partial charge in [0, 0.05) is 19.0 Å². The third-order valence-corrected chi connectivity index (χ3v) is 5.88. The highest BCUT2D eigenvalue weighted by molar-refractivity contribution is 5.90. The molecule has 2 atom stereocenters. The molecule has 0 aromatic heterocycles.